The van der Waals surface area contributed by atoms with Crippen LogP contribution in [-0.4, -0.2) is 36.9 Å². The Bertz CT molecular complexity index is 746. The summed E-state index contributed by atoms with van der Waals surface area (Å²) >= 11 is 0. The van der Waals surface area contributed by atoms with Crippen LogP contribution in [-0.2, 0) is 27.4 Å². The fraction of sp³-hybridized carbons (Fsp3) is 0.300. The molecule has 1 N–H and O–H groups in total. The van der Waals surface area contributed by atoms with E-state index < -0.39 is 6.04 Å². The molecule has 1 heterocycles. The van der Waals surface area contributed by atoms with E-state index in [4.69, 9.17) is 4.74 Å². The van der Waals surface area contributed by atoms with Gasteiger partial charge in [0.05, 0.1) is 13.0 Å². The summed E-state index contributed by atoms with van der Waals surface area (Å²) in [5.74, 6) is -0.169. The molecule has 5 nitrogen and oxygen atoms in total. The quantitative estimate of drug-likeness (QED) is 0.908. The number of benzene rings is 2. The molecule has 0 aliphatic carbocycles. The number of nitrogens with zero attached hydrogens (tertiary/aromatic N) is 1. The summed E-state index contributed by atoms with van der Waals surface area (Å²) in [7, 11) is 1.65. The molecule has 1 aliphatic heterocycles. The lowest BCUT2D eigenvalue weighted by atomic mass is 10.0. The van der Waals surface area contributed by atoms with Gasteiger partial charge in [0.1, 0.15) is 6.04 Å². The molecule has 0 radical (unpaired) electrons. The number of amides is 2. The zero-order valence-electron chi connectivity index (χ0n) is 14.3. The third kappa shape index (κ3) is 4.06. The normalized spacial score (nSPS) is 17.2. The summed E-state index contributed by atoms with van der Waals surface area (Å²) < 4.78 is 5.14. The predicted molar refractivity (Wildman–Crippen MR) is 94.8 cm³/mol. The molecule has 0 saturated carbocycles. The van der Waals surface area contributed by atoms with E-state index in [9.17, 15) is 9.59 Å². The predicted octanol–water partition coefficient (Wildman–Crippen LogP) is 2.08. The Labute approximate surface area is 147 Å². The molecule has 5 heteroatoms. The average Bonchev–Trinajstić information content (AvgIpc) is 2.63. The maximum absolute atomic E-state index is 12.9. The average molecular weight is 338 g/mol. The van der Waals surface area contributed by atoms with Crippen LogP contribution >= 0.6 is 0 Å². The molecular formula is C20H22N2O3. The molecule has 3 rings (SSSR count). The summed E-state index contributed by atoms with van der Waals surface area (Å²) in [6.45, 7) is 1.51. The van der Waals surface area contributed by atoms with Crippen LogP contribution in [0.15, 0.2) is 54.6 Å². The molecule has 2 amide bonds. The summed E-state index contributed by atoms with van der Waals surface area (Å²) in [5, 5.41) is 2.86. The number of methoxy groups -OCH3 is 1. The molecule has 2 aromatic rings. The monoisotopic (exact) mass is 338 g/mol. The number of hydrogen-bond acceptors (Lipinski definition) is 3. The second-order valence-electron chi connectivity index (χ2n) is 6.12. The van der Waals surface area contributed by atoms with E-state index in [2.05, 4.69) is 5.32 Å². The number of rotatable bonds is 5. The zero-order chi connectivity index (χ0) is 17.6. The number of carbonyl (C=O) groups excluding carboxylic acids is 2. The molecule has 130 valence electrons. The van der Waals surface area contributed by atoms with Crippen molar-refractivity contribution < 1.29 is 14.3 Å². The van der Waals surface area contributed by atoms with Crippen LogP contribution in [0.5, 0.6) is 0 Å². The highest BCUT2D eigenvalue weighted by atomic mass is 16.5. The highest BCUT2D eigenvalue weighted by Gasteiger charge is 2.33. The van der Waals surface area contributed by atoms with Gasteiger partial charge in [0.2, 0.25) is 11.8 Å². The van der Waals surface area contributed by atoms with Crippen LogP contribution in [0.4, 0.5) is 0 Å². The summed E-state index contributed by atoms with van der Waals surface area (Å²) in [6.07, 6.45) is 0.272. The third-order valence-corrected chi connectivity index (χ3v) is 4.31. The zero-order valence-corrected chi connectivity index (χ0v) is 14.3. The minimum atomic E-state index is -0.565. The first-order valence-electron chi connectivity index (χ1n) is 8.38. The van der Waals surface area contributed by atoms with Crippen LogP contribution in [0, 0.1) is 0 Å². The molecule has 1 fully saturated rings. The Balaban J connectivity index is 1.79. The van der Waals surface area contributed by atoms with Crippen molar-refractivity contribution in [3.8, 4) is 0 Å². The smallest absolute Gasteiger partial charge is 0.247 e. The van der Waals surface area contributed by atoms with Gasteiger partial charge in [0.15, 0.2) is 0 Å². The lowest BCUT2D eigenvalue weighted by molar-refractivity contribution is -0.143. The lowest BCUT2D eigenvalue weighted by Crippen LogP contribution is -2.52. The fourth-order valence-corrected chi connectivity index (χ4v) is 3.17. The molecule has 0 spiro atoms. The van der Waals surface area contributed by atoms with Gasteiger partial charge in [-0.25, -0.2) is 0 Å². The number of hydrogen-bond donors (Lipinski definition) is 1. The van der Waals surface area contributed by atoms with Crippen LogP contribution in [0.25, 0.3) is 0 Å². The van der Waals surface area contributed by atoms with Gasteiger partial charge >= 0.3 is 0 Å². The summed E-state index contributed by atoms with van der Waals surface area (Å²) in [4.78, 5) is 26.9. The highest BCUT2D eigenvalue weighted by molar-refractivity contribution is 5.90. The maximum atomic E-state index is 12.9. The Hall–Kier alpha value is -2.66. The molecule has 1 unspecified atom stereocenters. The van der Waals surface area contributed by atoms with Gasteiger partial charge in [-0.05, 0) is 16.7 Å². The topological polar surface area (TPSA) is 58.6 Å². The molecule has 2 aromatic carbocycles. The first-order chi connectivity index (χ1) is 12.2. The van der Waals surface area contributed by atoms with Crippen molar-refractivity contribution in [1.29, 1.82) is 0 Å². The summed E-state index contributed by atoms with van der Waals surface area (Å²) in [6, 6.07) is 16.7. The maximum Gasteiger partial charge on any atom is 0.247 e. The van der Waals surface area contributed by atoms with E-state index in [1.54, 1.807) is 12.0 Å². The molecule has 1 aliphatic rings. The Morgan fingerprint density at radius 3 is 2.68 bits per heavy atom. The Kier molecular flexibility index (Phi) is 5.46. The van der Waals surface area contributed by atoms with Crippen molar-refractivity contribution in [1.82, 2.24) is 10.2 Å². The van der Waals surface area contributed by atoms with Crippen molar-refractivity contribution in [3.05, 3.63) is 71.3 Å². The molecule has 1 saturated heterocycles. The second kappa shape index (κ2) is 7.94. The van der Waals surface area contributed by atoms with Crippen molar-refractivity contribution in [2.45, 2.75) is 19.1 Å². The van der Waals surface area contributed by atoms with Gasteiger partial charge in [-0.2, -0.15) is 0 Å². The number of ether oxygens (including phenoxy) is 1. The standard InChI is InChI=1S/C20H22N2O3/c1-25-14-16-7-5-6-15(12-16)13-18(23)22-11-10-21-20(24)19(22)17-8-3-2-4-9-17/h2-9,12,19H,10-11,13-14H2,1H3,(H,21,24). The van der Waals surface area contributed by atoms with Gasteiger partial charge in [-0.3, -0.25) is 9.59 Å². The van der Waals surface area contributed by atoms with Crippen LogP contribution in [0.1, 0.15) is 22.7 Å². The molecule has 25 heavy (non-hydrogen) atoms. The van der Waals surface area contributed by atoms with Gasteiger partial charge in [0.25, 0.3) is 0 Å². The molecule has 0 aromatic heterocycles. The largest absolute Gasteiger partial charge is 0.380 e. The van der Waals surface area contributed by atoms with Crippen LogP contribution in [0.2, 0.25) is 0 Å². The van der Waals surface area contributed by atoms with Crippen molar-refractivity contribution >= 4 is 11.8 Å². The fourth-order valence-electron chi connectivity index (χ4n) is 3.17. The van der Waals surface area contributed by atoms with Crippen LogP contribution < -0.4 is 5.32 Å². The molecule has 0 bridgehead atoms. The minimum Gasteiger partial charge on any atom is -0.380 e. The first-order valence-corrected chi connectivity index (χ1v) is 8.38. The van der Waals surface area contributed by atoms with Gasteiger partial charge in [-0.1, -0.05) is 54.6 Å². The van der Waals surface area contributed by atoms with E-state index in [-0.39, 0.29) is 18.2 Å². The SMILES string of the molecule is COCc1cccc(CC(=O)N2CCNC(=O)C2c2ccccc2)c1. The molecular weight excluding hydrogens is 316 g/mol. The number of nitrogens with one attached hydrogen (secondary N) is 1. The number of carbonyl (C=O) groups is 2. The first kappa shape index (κ1) is 17.2. The Morgan fingerprint density at radius 1 is 1.16 bits per heavy atom. The van der Waals surface area contributed by atoms with E-state index >= 15 is 0 Å². The van der Waals surface area contributed by atoms with E-state index in [0.717, 1.165) is 16.7 Å². The third-order valence-electron chi connectivity index (χ3n) is 4.31. The Morgan fingerprint density at radius 2 is 1.92 bits per heavy atom. The van der Waals surface area contributed by atoms with Crippen molar-refractivity contribution in [2.24, 2.45) is 0 Å². The second-order valence-corrected chi connectivity index (χ2v) is 6.12. The summed E-state index contributed by atoms with van der Waals surface area (Å²) in [5.41, 5.74) is 2.79. The van der Waals surface area contributed by atoms with E-state index in [1.165, 1.54) is 0 Å². The van der Waals surface area contributed by atoms with E-state index in [0.29, 0.717) is 19.7 Å². The van der Waals surface area contributed by atoms with Gasteiger partial charge in [0, 0.05) is 20.2 Å². The van der Waals surface area contributed by atoms with Crippen molar-refractivity contribution in [2.75, 3.05) is 20.2 Å². The minimum absolute atomic E-state index is 0.0433. The van der Waals surface area contributed by atoms with Gasteiger partial charge in [-0.15, -0.1) is 0 Å². The lowest BCUT2D eigenvalue weighted by Gasteiger charge is -2.35. The highest BCUT2D eigenvalue weighted by Crippen LogP contribution is 2.24. The van der Waals surface area contributed by atoms with Gasteiger partial charge < -0.3 is 15.0 Å². The van der Waals surface area contributed by atoms with E-state index in [1.807, 2.05) is 54.6 Å². The molecule has 1 atom stereocenters. The van der Waals surface area contributed by atoms with Crippen molar-refractivity contribution in [3.63, 3.8) is 0 Å². The number of piperazine rings is 1. The van der Waals surface area contributed by atoms with Crippen LogP contribution in [0.3, 0.4) is 0 Å².